The van der Waals surface area contributed by atoms with Crippen LogP contribution in [0, 0.1) is 5.92 Å². The van der Waals surface area contributed by atoms with Crippen molar-refractivity contribution in [1.82, 2.24) is 10.0 Å². The Bertz CT molecular complexity index is 311. The third-order valence-electron chi connectivity index (χ3n) is 3.45. The molecule has 0 amide bonds. The van der Waals surface area contributed by atoms with Crippen molar-refractivity contribution in [3.63, 3.8) is 0 Å². The van der Waals surface area contributed by atoms with Crippen LogP contribution in [0.1, 0.15) is 54.4 Å². The van der Waals surface area contributed by atoms with Crippen LogP contribution in [-0.2, 0) is 10.0 Å². The van der Waals surface area contributed by atoms with Gasteiger partial charge in [0.25, 0.3) is 0 Å². The van der Waals surface area contributed by atoms with E-state index in [4.69, 9.17) is 0 Å². The highest BCUT2D eigenvalue weighted by atomic mass is 32.2. The Hall–Kier alpha value is -0.130. The molecule has 0 radical (unpaired) electrons. The van der Waals surface area contributed by atoms with E-state index in [1.165, 1.54) is 0 Å². The highest BCUT2D eigenvalue weighted by Gasteiger charge is 2.25. The number of nitrogens with one attached hydrogen (secondary N) is 2. The molecule has 0 aromatic carbocycles. The van der Waals surface area contributed by atoms with Crippen molar-refractivity contribution in [2.24, 2.45) is 5.92 Å². The first-order valence-corrected chi connectivity index (χ1v) is 8.53. The van der Waals surface area contributed by atoms with Gasteiger partial charge in [-0.3, -0.25) is 0 Å². The second kappa shape index (κ2) is 8.12. The maximum absolute atomic E-state index is 12.1. The first-order valence-electron chi connectivity index (χ1n) is 6.99. The third kappa shape index (κ3) is 6.16. The fourth-order valence-electron chi connectivity index (χ4n) is 1.98. The fraction of sp³-hybridized carbons (Fsp3) is 1.00. The molecule has 0 aliphatic rings. The van der Waals surface area contributed by atoms with Gasteiger partial charge in [-0.05, 0) is 19.8 Å². The summed E-state index contributed by atoms with van der Waals surface area (Å²) in [5.41, 5.74) is 0. The molecule has 0 fully saturated rings. The quantitative estimate of drug-likeness (QED) is 0.679. The molecule has 2 atom stereocenters. The van der Waals surface area contributed by atoms with Gasteiger partial charge < -0.3 is 5.32 Å². The summed E-state index contributed by atoms with van der Waals surface area (Å²) >= 11 is 0. The van der Waals surface area contributed by atoms with Gasteiger partial charge in [-0.25, -0.2) is 13.1 Å². The molecule has 5 heteroatoms. The zero-order valence-electron chi connectivity index (χ0n) is 12.7. The largest absolute Gasteiger partial charge is 0.313 e. The van der Waals surface area contributed by atoms with Crippen LogP contribution in [0.3, 0.4) is 0 Å². The van der Waals surface area contributed by atoms with E-state index in [1.807, 2.05) is 20.8 Å². The van der Waals surface area contributed by atoms with E-state index in [2.05, 4.69) is 23.9 Å². The van der Waals surface area contributed by atoms with Gasteiger partial charge in [-0.2, -0.15) is 0 Å². The van der Waals surface area contributed by atoms with Crippen molar-refractivity contribution >= 4 is 10.0 Å². The Labute approximate surface area is 113 Å². The van der Waals surface area contributed by atoms with E-state index in [1.54, 1.807) is 6.92 Å². The molecule has 0 aliphatic heterocycles. The average Bonchev–Trinajstić information content (AvgIpc) is 2.26. The molecule has 0 rings (SSSR count). The molecule has 0 saturated heterocycles. The van der Waals surface area contributed by atoms with Crippen molar-refractivity contribution in [1.29, 1.82) is 0 Å². The Morgan fingerprint density at radius 1 is 1.00 bits per heavy atom. The average molecular weight is 278 g/mol. The van der Waals surface area contributed by atoms with Gasteiger partial charge in [0.2, 0.25) is 10.0 Å². The highest BCUT2D eigenvalue weighted by molar-refractivity contribution is 7.90. The van der Waals surface area contributed by atoms with E-state index in [0.717, 1.165) is 12.8 Å². The van der Waals surface area contributed by atoms with Crippen LogP contribution in [0.5, 0.6) is 0 Å². The van der Waals surface area contributed by atoms with E-state index < -0.39 is 15.3 Å². The van der Waals surface area contributed by atoms with Crippen LogP contribution < -0.4 is 10.0 Å². The molecule has 2 N–H and O–H groups in total. The summed E-state index contributed by atoms with van der Waals surface area (Å²) in [6.07, 6.45) is 2.00. The Morgan fingerprint density at radius 3 is 1.89 bits per heavy atom. The van der Waals surface area contributed by atoms with E-state index >= 15 is 0 Å². The van der Waals surface area contributed by atoms with Gasteiger partial charge in [0, 0.05) is 18.6 Å². The molecule has 4 nitrogen and oxygen atoms in total. The second-order valence-electron chi connectivity index (χ2n) is 5.40. The predicted octanol–water partition coefficient (Wildman–Crippen LogP) is 2.12. The molecule has 2 unspecified atom stereocenters. The maximum Gasteiger partial charge on any atom is 0.215 e. The molecule has 0 aromatic rings. The fourth-order valence-corrected chi connectivity index (χ4v) is 3.24. The van der Waals surface area contributed by atoms with Gasteiger partial charge in [-0.15, -0.1) is 0 Å². The summed E-state index contributed by atoms with van der Waals surface area (Å²) in [5, 5.41) is 2.76. The van der Waals surface area contributed by atoms with Gasteiger partial charge in [0.1, 0.15) is 0 Å². The Morgan fingerprint density at radius 2 is 1.50 bits per heavy atom. The zero-order chi connectivity index (χ0) is 14.3. The van der Waals surface area contributed by atoms with E-state index in [-0.39, 0.29) is 6.04 Å². The maximum atomic E-state index is 12.1. The molecule has 110 valence electrons. The Kier molecular flexibility index (Phi) is 8.06. The monoisotopic (exact) mass is 278 g/mol. The molecule has 0 spiro atoms. The summed E-state index contributed by atoms with van der Waals surface area (Å²) < 4.78 is 27.1. The lowest BCUT2D eigenvalue weighted by Crippen LogP contribution is -2.45. The number of sulfonamides is 1. The zero-order valence-corrected chi connectivity index (χ0v) is 13.5. The highest BCUT2D eigenvalue weighted by Crippen LogP contribution is 2.14. The van der Waals surface area contributed by atoms with Gasteiger partial charge in [0.05, 0.1) is 5.25 Å². The van der Waals surface area contributed by atoms with E-state index in [0.29, 0.717) is 18.5 Å². The summed E-state index contributed by atoms with van der Waals surface area (Å²) in [4.78, 5) is 0. The molecule has 0 bridgehead atoms. The number of hydrogen-bond donors (Lipinski definition) is 2. The number of rotatable bonds is 9. The van der Waals surface area contributed by atoms with E-state index in [9.17, 15) is 8.42 Å². The molecule has 0 saturated carbocycles. The van der Waals surface area contributed by atoms with Crippen LogP contribution in [0.4, 0.5) is 0 Å². The first kappa shape index (κ1) is 17.9. The SMILES string of the molecule is CCC(CC)C(C)NS(=O)(=O)C(C)CNC(C)C. The molecular weight excluding hydrogens is 248 g/mol. The molecule has 18 heavy (non-hydrogen) atoms. The van der Waals surface area contributed by atoms with Crippen LogP contribution in [0.2, 0.25) is 0 Å². The summed E-state index contributed by atoms with van der Waals surface area (Å²) in [6.45, 7) is 12.4. The molecule has 0 heterocycles. The molecule has 0 aliphatic carbocycles. The normalized spacial score (nSPS) is 16.2. The predicted molar refractivity (Wildman–Crippen MR) is 78.2 cm³/mol. The van der Waals surface area contributed by atoms with Crippen molar-refractivity contribution in [3.8, 4) is 0 Å². The van der Waals surface area contributed by atoms with Gasteiger partial charge >= 0.3 is 0 Å². The van der Waals surface area contributed by atoms with Gasteiger partial charge in [0.15, 0.2) is 0 Å². The lowest BCUT2D eigenvalue weighted by Gasteiger charge is -2.25. The van der Waals surface area contributed by atoms with Crippen LogP contribution >= 0.6 is 0 Å². The van der Waals surface area contributed by atoms with Crippen molar-refractivity contribution in [2.45, 2.75) is 71.7 Å². The lowest BCUT2D eigenvalue weighted by molar-refractivity contribution is 0.389. The van der Waals surface area contributed by atoms with Crippen molar-refractivity contribution in [2.75, 3.05) is 6.54 Å². The summed E-state index contributed by atoms with van der Waals surface area (Å²) in [6, 6.07) is 0.311. The van der Waals surface area contributed by atoms with Crippen LogP contribution in [0.15, 0.2) is 0 Å². The van der Waals surface area contributed by atoms with Crippen LogP contribution in [0.25, 0.3) is 0 Å². The smallest absolute Gasteiger partial charge is 0.215 e. The van der Waals surface area contributed by atoms with Gasteiger partial charge in [-0.1, -0.05) is 40.5 Å². The van der Waals surface area contributed by atoms with Crippen molar-refractivity contribution < 1.29 is 8.42 Å². The minimum atomic E-state index is -3.23. The lowest BCUT2D eigenvalue weighted by atomic mass is 9.96. The molecular formula is C13H30N2O2S. The third-order valence-corrected chi connectivity index (χ3v) is 5.38. The van der Waals surface area contributed by atoms with Crippen molar-refractivity contribution in [3.05, 3.63) is 0 Å². The topological polar surface area (TPSA) is 58.2 Å². The first-order chi connectivity index (χ1) is 8.24. The van der Waals surface area contributed by atoms with Crippen LogP contribution in [-0.4, -0.2) is 32.3 Å². The number of hydrogen-bond acceptors (Lipinski definition) is 3. The minimum Gasteiger partial charge on any atom is -0.313 e. The Balaban J connectivity index is 4.45. The minimum absolute atomic E-state index is 0.00602. The molecule has 0 aromatic heterocycles. The second-order valence-corrected chi connectivity index (χ2v) is 7.53. The summed E-state index contributed by atoms with van der Waals surface area (Å²) in [5.74, 6) is 0.407. The summed E-state index contributed by atoms with van der Waals surface area (Å²) in [7, 11) is -3.23. The standard InChI is InChI=1S/C13H30N2O2S/c1-7-13(8-2)12(6)15-18(16,17)11(5)9-14-10(3)4/h10-15H,7-9H2,1-6H3.